The van der Waals surface area contributed by atoms with E-state index in [2.05, 4.69) is 0 Å². The van der Waals surface area contributed by atoms with Crippen molar-refractivity contribution in [1.82, 2.24) is 0 Å². The highest BCUT2D eigenvalue weighted by Crippen LogP contribution is 1.99. The van der Waals surface area contributed by atoms with Crippen LogP contribution in [0.25, 0.3) is 0 Å². The van der Waals surface area contributed by atoms with Crippen LogP contribution in [0.5, 0.6) is 0 Å². The smallest absolute Gasteiger partial charge is 0.303 e. The molecule has 230 valence electrons. The van der Waals surface area contributed by atoms with Crippen molar-refractivity contribution in [2.75, 3.05) is 39.6 Å². The minimum Gasteiger partial charge on any atom is -0.481 e. The van der Waals surface area contributed by atoms with Gasteiger partial charge in [0.15, 0.2) is 0 Å². The molecule has 0 aliphatic carbocycles. The molecule has 0 aliphatic rings. The highest BCUT2D eigenvalue weighted by Gasteiger charge is 1.99. The van der Waals surface area contributed by atoms with Gasteiger partial charge in [0, 0.05) is 65.3 Å². The normalized spacial score (nSPS) is 9.11. The van der Waals surface area contributed by atoms with E-state index in [0.717, 1.165) is 38.5 Å². The molecule has 0 heterocycles. The summed E-state index contributed by atoms with van der Waals surface area (Å²) < 4.78 is 0. The van der Waals surface area contributed by atoms with Crippen LogP contribution >= 0.6 is 0 Å². The largest absolute Gasteiger partial charge is 0.481 e. The van der Waals surface area contributed by atoms with E-state index in [0.29, 0.717) is 25.7 Å². The first-order chi connectivity index (χ1) is 18.0. The number of aliphatic carboxylic acids is 4. The van der Waals surface area contributed by atoms with E-state index < -0.39 is 23.9 Å². The number of carboxylic acids is 4. The minimum atomic E-state index is -0.870. The van der Waals surface area contributed by atoms with Gasteiger partial charge in [-0.05, 0) is 64.2 Å². The summed E-state index contributed by atoms with van der Waals surface area (Å²) in [4.78, 5) is 39.6. The molecule has 0 bridgehead atoms. The zero-order chi connectivity index (χ0) is 30.5. The fourth-order valence-electron chi connectivity index (χ4n) is 1.78. The molecular formula is C24H50O14. The van der Waals surface area contributed by atoms with Crippen LogP contribution < -0.4 is 0 Å². The molecule has 10 N–H and O–H groups in total. The van der Waals surface area contributed by atoms with Crippen molar-refractivity contribution in [1.29, 1.82) is 0 Å². The molecule has 0 fully saturated rings. The lowest BCUT2D eigenvalue weighted by Gasteiger charge is -1.92. The van der Waals surface area contributed by atoms with E-state index in [1.165, 1.54) is 0 Å². The van der Waals surface area contributed by atoms with E-state index in [9.17, 15) is 19.2 Å². The average molecular weight is 563 g/mol. The maximum absolute atomic E-state index is 9.90. The molecule has 0 amide bonds. The number of carboxylic acid groups (broad SMARTS) is 4. The summed E-state index contributed by atoms with van der Waals surface area (Å²) in [6, 6.07) is 0. The lowest BCUT2D eigenvalue weighted by atomic mass is 10.2. The Morgan fingerprint density at radius 1 is 0.289 bits per heavy atom. The molecule has 38 heavy (non-hydrogen) atoms. The number of aliphatic hydroxyl groups is 6. The first-order valence-electron chi connectivity index (χ1n) is 12.5. The van der Waals surface area contributed by atoms with Crippen molar-refractivity contribution < 1.29 is 70.2 Å². The Bertz CT molecular complexity index is 405. The van der Waals surface area contributed by atoms with E-state index in [-0.39, 0.29) is 65.3 Å². The predicted molar refractivity (Wildman–Crippen MR) is 138 cm³/mol. The Morgan fingerprint density at radius 2 is 0.421 bits per heavy atom. The zero-order valence-corrected chi connectivity index (χ0v) is 22.2. The second-order valence-corrected chi connectivity index (χ2v) is 7.45. The molecular weight excluding hydrogens is 512 g/mol. The quantitative estimate of drug-likeness (QED) is 0.0970. The van der Waals surface area contributed by atoms with E-state index in [1.807, 2.05) is 0 Å². The fraction of sp³-hybridized carbons (Fsp3) is 0.833. The SMILES string of the molecule is O=C(O)CCCCC(=O)O.O=C(O)CCCCC(=O)O.OCCCCO.OCCCCO.OCCCCO. The maximum Gasteiger partial charge on any atom is 0.303 e. The highest BCUT2D eigenvalue weighted by atomic mass is 16.4. The van der Waals surface area contributed by atoms with E-state index >= 15 is 0 Å². The van der Waals surface area contributed by atoms with Gasteiger partial charge in [-0.3, -0.25) is 19.2 Å². The van der Waals surface area contributed by atoms with E-state index in [1.54, 1.807) is 0 Å². The summed E-state index contributed by atoms with van der Waals surface area (Å²) in [5, 5.41) is 81.0. The van der Waals surface area contributed by atoms with Crippen molar-refractivity contribution >= 4 is 23.9 Å². The van der Waals surface area contributed by atoms with Gasteiger partial charge in [-0.25, -0.2) is 0 Å². The third-order valence-corrected chi connectivity index (χ3v) is 3.76. The van der Waals surface area contributed by atoms with Gasteiger partial charge in [0.2, 0.25) is 0 Å². The van der Waals surface area contributed by atoms with Crippen molar-refractivity contribution in [3.8, 4) is 0 Å². The van der Waals surface area contributed by atoms with Crippen LogP contribution in [0.2, 0.25) is 0 Å². The summed E-state index contributed by atoms with van der Waals surface area (Å²) in [5.74, 6) is -3.48. The number of carbonyl (C=O) groups is 4. The summed E-state index contributed by atoms with van der Waals surface area (Å²) in [6.45, 7) is 1.17. The second kappa shape index (κ2) is 44.6. The molecule has 0 aliphatic heterocycles. The van der Waals surface area contributed by atoms with Gasteiger partial charge in [0.25, 0.3) is 0 Å². The van der Waals surface area contributed by atoms with Gasteiger partial charge >= 0.3 is 23.9 Å². The first-order valence-corrected chi connectivity index (χ1v) is 12.5. The van der Waals surface area contributed by atoms with Crippen molar-refractivity contribution in [3.05, 3.63) is 0 Å². The third kappa shape index (κ3) is 84.1. The summed E-state index contributed by atoms with van der Waals surface area (Å²) in [5.41, 5.74) is 0. The molecule has 0 radical (unpaired) electrons. The van der Waals surface area contributed by atoms with Crippen LogP contribution in [0, 0.1) is 0 Å². The standard InChI is InChI=1S/2C6H10O4.3C4H10O2/c2*7-5(8)3-1-2-4-6(9)10;3*5-3-1-2-4-6/h2*1-4H2,(H,7,8)(H,9,10);3*5-6H,1-4H2. The average Bonchev–Trinajstić information content (AvgIpc) is 2.86. The van der Waals surface area contributed by atoms with Gasteiger partial charge < -0.3 is 51.1 Å². The van der Waals surface area contributed by atoms with Gasteiger partial charge in [0.1, 0.15) is 0 Å². The molecule has 0 rings (SSSR count). The number of hydrogen-bond acceptors (Lipinski definition) is 10. The van der Waals surface area contributed by atoms with Crippen LogP contribution in [-0.4, -0.2) is 115 Å². The molecule has 0 unspecified atom stereocenters. The van der Waals surface area contributed by atoms with Crippen LogP contribution in [0.1, 0.15) is 89.9 Å². The lowest BCUT2D eigenvalue weighted by Crippen LogP contribution is -1.97. The Kier molecular flexibility index (Phi) is 53.5. The van der Waals surface area contributed by atoms with Crippen molar-refractivity contribution in [2.24, 2.45) is 0 Å². The van der Waals surface area contributed by atoms with Crippen LogP contribution in [-0.2, 0) is 19.2 Å². The second-order valence-electron chi connectivity index (χ2n) is 7.45. The van der Waals surface area contributed by atoms with Gasteiger partial charge in [-0.2, -0.15) is 0 Å². The Morgan fingerprint density at radius 3 is 0.500 bits per heavy atom. The maximum atomic E-state index is 9.90. The molecule has 0 aromatic rings. The van der Waals surface area contributed by atoms with Crippen LogP contribution in [0.3, 0.4) is 0 Å². The Hall–Kier alpha value is -2.36. The molecule has 14 heteroatoms. The molecule has 0 atom stereocenters. The number of hydrogen-bond donors (Lipinski definition) is 10. The van der Waals surface area contributed by atoms with Gasteiger partial charge in [-0.1, -0.05) is 0 Å². The monoisotopic (exact) mass is 562 g/mol. The molecule has 0 aromatic heterocycles. The Labute approximate surface area is 224 Å². The molecule has 14 nitrogen and oxygen atoms in total. The van der Waals surface area contributed by atoms with Crippen molar-refractivity contribution in [3.63, 3.8) is 0 Å². The molecule has 0 spiro atoms. The topological polar surface area (TPSA) is 271 Å². The first kappa shape index (κ1) is 45.6. The van der Waals surface area contributed by atoms with Crippen LogP contribution in [0.4, 0.5) is 0 Å². The van der Waals surface area contributed by atoms with Gasteiger partial charge in [0.05, 0.1) is 0 Å². The fourth-order valence-corrected chi connectivity index (χ4v) is 1.78. The minimum absolute atomic E-state index is 0.0628. The summed E-state index contributed by atoms with van der Waals surface area (Å²) in [6.07, 6.45) is 6.35. The highest BCUT2D eigenvalue weighted by molar-refractivity contribution is 5.68. The van der Waals surface area contributed by atoms with Crippen LogP contribution in [0.15, 0.2) is 0 Å². The molecule has 0 saturated heterocycles. The van der Waals surface area contributed by atoms with E-state index in [4.69, 9.17) is 51.1 Å². The summed E-state index contributed by atoms with van der Waals surface area (Å²) in [7, 11) is 0. The zero-order valence-electron chi connectivity index (χ0n) is 22.2. The number of aliphatic hydroxyl groups excluding tert-OH is 6. The third-order valence-electron chi connectivity index (χ3n) is 3.76. The Balaban J connectivity index is -0.000000122. The number of rotatable bonds is 19. The summed E-state index contributed by atoms with van der Waals surface area (Å²) >= 11 is 0. The van der Waals surface area contributed by atoms with Gasteiger partial charge in [-0.15, -0.1) is 0 Å². The molecule has 0 saturated carbocycles. The molecule has 0 aromatic carbocycles. The lowest BCUT2D eigenvalue weighted by molar-refractivity contribution is -0.139. The number of unbranched alkanes of at least 4 members (excludes halogenated alkanes) is 5. The predicted octanol–water partition coefficient (Wildman–Crippen LogP) is 0.686. The van der Waals surface area contributed by atoms with Crippen molar-refractivity contribution in [2.45, 2.75) is 89.9 Å².